The molecule has 0 aromatic heterocycles. The number of nitrogens with zero attached hydrogens (tertiary/aromatic N) is 2. The lowest BCUT2D eigenvalue weighted by Gasteiger charge is -2.39. The Morgan fingerprint density at radius 1 is 1.26 bits per heavy atom. The quantitative estimate of drug-likeness (QED) is 0.783. The van der Waals surface area contributed by atoms with Crippen LogP contribution < -0.4 is 0 Å². The summed E-state index contributed by atoms with van der Waals surface area (Å²) in [6.07, 6.45) is 2.31. The largest absolute Gasteiger partial charge is 0.342 e. The molecule has 1 fully saturated rings. The zero-order valence-corrected chi connectivity index (χ0v) is 13.7. The van der Waals surface area contributed by atoms with Crippen molar-refractivity contribution < 1.29 is 4.79 Å². The molecule has 0 aliphatic carbocycles. The van der Waals surface area contributed by atoms with Crippen molar-refractivity contribution in [1.29, 1.82) is 0 Å². The SMILES string of the molecule is CC(C)CN(C)CC(=O)N1CCC(C(C)(C)C)CC1. The zero-order chi connectivity index (χ0) is 14.6. The van der Waals surface area contributed by atoms with Gasteiger partial charge in [0.25, 0.3) is 0 Å². The van der Waals surface area contributed by atoms with Crippen LogP contribution >= 0.6 is 0 Å². The lowest BCUT2D eigenvalue weighted by Crippen LogP contribution is -2.45. The average Bonchev–Trinajstić information content (AvgIpc) is 2.26. The van der Waals surface area contributed by atoms with Crippen LogP contribution in [0.3, 0.4) is 0 Å². The summed E-state index contributed by atoms with van der Waals surface area (Å²) in [7, 11) is 2.04. The Bertz CT molecular complexity index is 286. The van der Waals surface area contributed by atoms with Crippen LogP contribution in [0.25, 0.3) is 0 Å². The van der Waals surface area contributed by atoms with Gasteiger partial charge in [-0.05, 0) is 37.1 Å². The van der Waals surface area contributed by atoms with Gasteiger partial charge >= 0.3 is 0 Å². The molecule has 0 atom stereocenters. The number of carbonyl (C=O) groups excluding carboxylic acids is 1. The van der Waals surface area contributed by atoms with Crippen LogP contribution in [-0.2, 0) is 4.79 Å². The fraction of sp³-hybridized carbons (Fsp3) is 0.938. The van der Waals surface area contributed by atoms with Gasteiger partial charge < -0.3 is 4.90 Å². The van der Waals surface area contributed by atoms with E-state index in [2.05, 4.69) is 44.4 Å². The van der Waals surface area contributed by atoms with E-state index in [-0.39, 0.29) is 0 Å². The number of likely N-dealkylation sites (tertiary alicyclic amines) is 1. The molecule has 0 unspecified atom stereocenters. The summed E-state index contributed by atoms with van der Waals surface area (Å²) in [5.41, 5.74) is 0.379. The smallest absolute Gasteiger partial charge is 0.236 e. The molecule has 0 N–H and O–H groups in total. The highest BCUT2D eigenvalue weighted by Gasteiger charge is 2.30. The maximum atomic E-state index is 12.2. The van der Waals surface area contributed by atoms with Crippen molar-refractivity contribution in [3.63, 3.8) is 0 Å². The normalized spacial score (nSPS) is 18.4. The second-order valence-electron chi connectivity index (χ2n) is 7.61. The highest BCUT2D eigenvalue weighted by atomic mass is 16.2. The second kappa shape index (κ2) is 6.74. The average molecular weight is 268 g/mol. The fourth-order valence-corrected chi connectivity index (χ4v) is 3.01. The Morgan fingerprint density at radius 3 is 2.21 bits per heavy atom. The molecule has 0 aromatic rings. The van der Waals surface area contributed by atoms with Crippen molar-refractivity contribution >= 4 is 5.91 Å². The predicted molar refractivity (Wildman–Crippen MR) is 81.1 cm³/mol. The molecule has 0 radical (unpaired) electrons. The summed E-state index contributed by atoms with van der Waals surface area (Å²) in [6.45, 7) is 14.8. The number of hydrogen-bond acceptors (Lipinski definition) is 2. The Kier molecular flexibility index (Phi) is 5.84. The van der Waals surface area contributed by atoms with E-state index in [9.17, 15) is 4.79 Å². The van der Waals surface area contributed by atoms with Crippen LogP contribution in [0.2, 0.25) is 0 Å². The first kappa shape index (κ1) is 16.5. The van der Waals surface area contributed by atoms with Gasteiger partial charge in [0.2, 0.25) is 5.91 Å². The number of hydrogen-bond donors (Lipinski definition) is 0. The lowest BCUT2D eigenvalue weighted by atomic mass is 9.75. The minimum absolute atomic E-state index is 0.301. The molecular weight excluding hydrogens is 236 g/mol. The number of likely N-dealkylation sites (N-methyl/N-ethyl adjacent to an activating group) is 1. The molecule has 1 amide bonds. The summed E-state index contributed by atoms with van der Waals surface area (Å²) in [4.78, 5) is 16.4. The van der Waals surface area contributed by atoms with Crippen molar-refractivity contribution in [2.75, 3.05) is 33.2 Å². The first-order valence-corrected chi connectivity index (χ1v) is 7.66. The lowest BCUT2D eigenvalue weighted by molar-refractivity contribution is -0.134. The van der Waals surface area contributed by atoms with Crippen LogP contribution in [0.4, 0.5) is 0 Å². The van der Waals surface area contributed by atoms with Crippen LogP contribution in [0.15, 0.2) is 0 Å². The van der Waals surface area contributed by atoms with Crippen LogP contribution in [0, 0.1) is 17.3 Å². The number of piperidine rings is 1. The Labute approximate surface area is 119 Å². The summed E-state index contributed by atoms with van der Waals surface area (Å²) in [5, 5.41) is 0. The van der Waals surface area contributed by atoms with E-state index < -0.39 is 0 Å². The predicted octanol–water partition coefficient (Wildman–Crippen LogP) is 2.86. The molecule has 1 aliphatic rings. The minimum atomic E-state index is 0.301. The third kappa shape index (κ3) is 5.52. The van der Waals surface area contributed by atoms with Gasteiger partial charge in [0.05, 0.1) is 6.54 Å². The molecule has 112 valence electrons. The van der Waals surface area contributed by atoms with E-state index in [4.69, 9.17) is 0 Å². The second-order valence-corrected chi connectivity index (χ2v) is 7.61. The molecule has 0 aromatic carbocycles. The highest BCUT2D eigenvalue weighted by Crippen LogP contribution is 2.34. The van der Waals surface area contributed by atoms with E-state index >= 15 is 0 Å². The molecule has 1 aliphatic heterocycles. The molecule has 0 spiro atoms. The monoisotopic (exact) mass is 268 g/mol. The number of amides is 1. The van der Waals surface area contributed by atoms with Gasteiger partial charge in [-0.25, -0.2) is 0 Å². The summed E-state index contributed by atoms with van der Waals surface area (Å²) in [5.74, 6) is 1.67. The van der Waals surface area contributed by atoms with Crippen molar-refractivity contribution in [3.8, 4) is 0 Å². The standard InChI is InChI=1S/C16H32N2O/c1-13(2)11-17(6)12-15(19)18-9-7-14(8-10-18)16(3,4)5/h13-14H,7-12H2,1-6H3. The number of rotatable bonds is 4. The molecule has 3 heteroatoms. The third-order valence-electron chi connectivity index (χ3n) is 4.15. The minimum Gasteiger partial charge on any atom is -0.342 e. The first-order chi connectivity index (χ1) is 8.70. The molecule has 1 heterocycles. The molecular formula is C16H32N2O. The van der Waals surface area contributed by atoms with Crippen molar-refractivity contribution in [2.24, 2.45) is 17.3 Å². The summed E-state index contributed by atoms with van der Waals surface area (Å²) < 4.78 is 0. The van der Waals surface area contributed by atoms with Gasteiger partial charge in [0.15, 0.2) is 0 Å². The molecule has 0 saturated carbocycles. The Hall–Kier alpha value is -0.570. The Morgan fingerprint density at radius 2 is 1.79 bits per heavy atom. The van der Waals surface area contributed by atoms with Crippen LogP contribution in [-0.4, -0.2) is 48.9 Å². The molecule has 3 nitrogen and oxygen atoms in total. The van der Waals surface area contributed by atoms with Crippen LogP contribution in [0.1, 0.15) is 47.5 Å². The number of carbonyl (C=O) groups is 1. The van der Waals surface area contributed by atoms with E-state index in [1.165, 1.54) is 0 Å². The van der Waals surface area contributed by atoms with Crippen molar-refractivity contribution in [2.45, 2.75) is 47.5 Å². The van der Waals surface area contributed by atoms with Crippen LogP contribution in [0.5, 0.6) is 0 Å². The fourth-order valence-electron chi connectivity index (χ4n) is 3.01. The topological polar surface area (TPSA) is 23.6 Å². The molecule has 1 rings (SSSR count). The maximum absolute atomic E-state index is 12.2. The highest BCUT2D eigenvalue weighted by molar-refractivity contribution is 5.78. The van der Waals surface area contributed by atoms with E-state index in [1.807, 2.05) is 7.05 Å². The van der Waals surface area contributed by atoms with Gasteiger partial charge in [-0.1, -0.05) is 34.6 Å². The summed E-state index contributed by atoms with van der Waals surface area (Å²) in [6, 6.07) is 0. The Balaban J connectivity index is 2.37. The third-order valence-corrected chi connectivity index (χ3v) is 4.15. The van der Waals surface area contributed by atoms with Gasteiger partial charge in [0, 0.05) is 19.6 Å². The maximum Gasteiger partial charge on any atom is 0.236 e. The van der Waals surface area contributed by atoms with Gasteiger partial charge in [0.1, 0.15) is 0 Å². The van der Waals surface area contributed by atoms with Gasteiger partial charge in [-0.2, -0.15) is 0 Å². The van der Waals surface area contributed by atoms with Crippen molar-refractivity contribution in [3.05, 3.63) is 0 Å². The van der Waals surface area contributed by atoms with E-state index in [1.54, 1.807) is 0 Å². The van der Waals surface area contributed by atoms with Gasteiger partial charge in [-0.15, -0.1) is 0 Å². The first-order valence-electron chi connectivity index (χ1n) is 7.66. The van der Waals surface area contributed by atoms with E-state index in [0.717, 1.165) is 38.4 Å². The van der Waals surface area contributed by atoms with E-state index in [0.29, 0.717) is 23.8 Å². The molecule has 19 heavy (non-hydrogen) atoms. The molecule has 0 bridgehead atoms. The zero-order valence-electron chi connectivity index (χ0n) is 13.7. The molecule has 1 saturated heterocycles. The van der Waals surface area contributed by atoms with Gasteiger partial charge in [-0.3, -0.25) is 9.69 Å². The van der Waals surface area contributed by atoms with Crippen molar-refractivity contribution in [1.82, 2.24) is 9.80 Å². The summed E-state index contributed by atoms with van der Waals surface area (Å²) >= 11 is 0.